The lowest BCUT2D eigenvalue weighted by Crippen LogP contribution is -2.18. The fourth-order valence-electron chi connectivity index (χ4n) is 6.27. The Kier molecular flexibility index (Phi) is 34.5. The van der Waals surface area contributed by atoms with Crippen molar-refractivity contribution < 1.29 is 28.6 Å². The van der Waals surface area contributed by atoms with Crippen molar-refractivity contribution in [1.82, 2.24) is 4.90 Å². The number of unbranched alkanes of at least 4 members (excludes halogenated alkanes) is 16. The molecule has 0 atom stereocenters. The van der Waals surface area contributed by atoms with Gasteiger partial charge in [-0.05, 0) is 126 Å². The highest BCUT2D eigenvalue weighted by atomic mass is 16.5. The Labute approximate surface area is 348 Å². The molecular formula is C50H81NO6. The van der Waals surface area contributed by atoms with E-state index in [4.69, 9.17) is 14.2 Å². The van der Waals surface area contributed by atoms with Crippen LogP contribution in [0, 0.1) is 0 Å². The number of benzene rings is 1. The van der Waals surface area contributed by atoms with Crippen molar-refractivity contribution in [3.63, 3.8) is 0 Å². The smallest absolute Gasteiger partial charge is 0.307 e. The number of allylic oxidation sites excluding steroid dienone is 8. The topological polar surface area (TPSA) is 82.1 Å². The van der Waals surface area contributed by atoms with E-state index in [1.807, 2.05) is 37.2 Å². The molecule has 1 aromatic carbocycles. The minimum absolute atomic E-state index is 0.104. The molecule has 0 aromatic heterocycles. The Bertz CT molecular complexity index is 1200. The predicted octanol–water partition coefficient (Wildman–Crippen LogP) is 13.4. The monoisotopic (exact) mass is 792 g/mol. The Morgan fingerprint density at radius 2 is 0.754 bits per heavy atom. The van der Waals surface area contributed by atoms with Gasteiger partial charge in [-0.1, -0.05) is 127 Å². The fraction of sp³-hybridized carbons (Fsp3) is 0.660. The van der Waals surface area contributed by atoms with Crippen LogP contribution in [-0.4, -0.2) is 43.4 Å². The number of hydrogen-bond donors (Lipinski definition) is 0. The maximum atomic E-state index is 12.6. The largest absolute Gasteiger partial charge is 0.461 e. The molecule has 0 heterocycles. The molecule has 0 amide bonds. The number of ether oxygens (including phenoxy) is 3. The summed E-state index contributed by atoms with van der Waals surface area (Å²) in [6.07, 6.45) is 44.3. The van der Waals surface area contributed by atoms with Crippen LogP contribution in [0.4, 0.5) is 0 Å². The van der Waals surface area contributed by atoms with Gasteiger partial charge in [0.05, 0.1) is 6.42 Å². The van der Waals surface area contributed by atoms with Gasteiger partial charge in [-0.3, -0.25) is 14.4 Å². The molecule has 1 aromatic rings. The van der Waals surface area contributed by atoms with Crippen LogP contribution in [0.5, 0.6) is 0 Å². The number of hydrogen-bond acceptors (Lipinski definition) is 7. The van der Waals surface area contributed by atoms with Gasteiger partial charge >= 0.3 is 17.9 Å². The van der Waals surface area contributed by atoms with E-state index >= 15 is 0 Å². The standard InChI is InChI=1S/C50H81NO6/c1-5-7-9-11-13-15-17-19-21-23-25-27-29-31-33-35-48(52)55-42-45-39-46(41-47(40-45)44-57-50(54)37-38-51(3)4)43-56-49(53)36-34-32-30-28-26-24-22-20-18-16-14-12-10-8-6-2/h13-16,19-22,39-41H,5-12,17-18,23-38,42-44H2,1-4H3. The summed E-state index contributed by atoms with van der Waals surface area (Å²) in [6.45, 7) is 5.43. The second-order valence-electron chi connectivity index (χ2n) is 15.7. The molecule has 0 radical (unpaired) electrons. The zero-order chi connectivity index (χ0) is 41.4. The van der Waals surface area contributed by atoms with Crippen LogP contribution in [0.15, 0.2) is 66.8 Å². The highest BCUT2D eigenvalue weighted by molar-refractivity contribution is 5.70. The first-order chi connectivity index (χ1) is 27.8. The van der Waals surface area contributed by atoms with Crippen LogP contribution in [0.25, 0.3) is 0 Å². The Morgan fingerprint density at radius 3 is 1.11 bits per heavy atom. The summed E-state index contributed by atoms with van der Waals surface area (Å²) >= 11 is 0. The molecule has 0 spiro atoms. The first-order valence-electron chi connectivity index (χ1n) is 22.7. The Hall–Kier alpha value is -3.45. The van der Waals surface area contributed by atoms with E-state index in [1.165, 1.54) is 77.0 Å². The van der Waals surface area contributed by atoms with Crippen molar-refractivity contribution in [1.29, 1.82) is 0 Å². The summed E-state index contributed by atoms with van der Waals surface area (Å²) < 4.78 is 16.8. The average Bonchev–Trinajstić information content (AvgIpc) is 3.20. The van der Waals surface area contributed by atoms with Crippen LogP contribution in [0.3, 0.4) is 0 Å². The molecule has 0 unspecified atom stereocenters. The maximum absolute atomic E-state index is 12.6. The third-order valence-electron chi connectivity index (χ3n) is 9.74. The zero-order valence-corrected chi connectivity index (χ0v) is 36.8. The molecule has 0 saturated carbocycles. The van der Waals surface area contributed by atoms with Crippen molar-refractivity contribution in [3.8, 4) is 0 Å². The van der Waals surface area contributed by atoms with Crippen LogP contribution in [0.1, 0.15) is 191 Å². The van der Waals surface area contributed by atoms with E-state index in [0.717, 1.165) is 80.9 Å². The molecular weight excluding hydrogens is 711 g/mol. The lowest BCUT2D eigenvalue weighted by atomic mass is 10.1. The lowest BCUT2D eigenvalue weighted by Gasteiger charge is -2.13. The number of esters is 3. The molecule has 0 saturated heterocycles. The third kappa shape index (κ3) is 34.3. The van der Waals surface area contributed by atoms with Gasteiger partial charge in [0.25, 0.3) is 0 Å². The van der Waals surface area contributed by atoms with E-state index in [1.54, 1.807) is 0 Å². The first kappa shape index (κ1) is 51.6. The second-order valence-corrected chi connectivity index (χ2v) is 15.7. The molecule has 7 heteroatoms. The summed E-state index contributed by atoms with van der Waals surface area (Å²) in [7, 11) is 3.83. The number of carbonyl (C=O) groups is 3. The predicted molar refractivity (Wildman–Crippen MR) is 238 cm³/mol. The maximum Gasteiger partial charge on any atom is 0.307 e. The Morgan fingerprint density at radius 1 is 0.439 bits per heavy atom. The van der Waals surface area contributed by atoms with Gasteiger partial charge in [0.15, 0.2) is 0 Å². The van der Waals surface area contributed by atoms with Gasteiger partial charge in [-0.25, -0.2) is 0 Å². The summed E-state index contributed by atoms with van der Waals surface area (Å²) in [6, 6.07) is 5.67. The molecule has 0 N–H and O–H groups in total. The summed E-state index contributed by atoms with van der Waals surface area (Å²) in [5.74, 6) is -0.707. The highest BCUT2D eigenvalue weighted by Crippen LogP contribution is 2.17. The molecule has 7 nitrogen and oxygen atoms in total. The van der Waals surface area contributed by atoms with E-state index < -0.39 is 0 Å². The zero-order valence-electron chi connectivity index (χ0n) is 36.8. The van der Waals surface area contributed by atoms with E-state index in [0.29, 0.717) is 25.8 Å². The van der Waals surface area contributed by atoms with Gasteiger partial charge < -0.3 is 19.1 Å². The third-order valence-corrected chi connectivity index (χ3v) is 9.74. The van der Waals surface area contributed by atoms with Crippen molar-refractivity contribution >= 4 is 17.9 Å². The number of nitrogens with zero attached hydrogens (tertiary/aromatic N) is 1. The quantitative estimate of drug-likeness (QED) is 0.0287. The van der Waals surface area contributed by atoms with Crippen LogP contribution < -0.4 is 0 Å². The number of rotatable bonds is 37. The van der Waals surface area contributed by atoms with Crippen LogP contribution in [0.2, 0.25) is 0 Å². The molecule has 0 aliphatic rings. The van der Waals surface area contributed by atoms with Gasteiger partial charge in [-0.15, -0.1) is 0 Å². The van der Waals surface area contributed by atoms with Crippen LogP contribution >= 0.6 is 0 Å². The average molecular weight is 792 g/mol. The van der Waals surface area contributed by atoms with Crippen molar-refractivity contribution in [3.05, 3.63) is 83.5 Å². The SMILES string of the molecule is CCCCCC=CCC=CCCCCCCCC(=O)OCc1cc(COC(=O)CCCCCCCC=CCC=CCCCCC)cc(COC(=O)CCN(C)C)c1. The van der Waals surface area contributed by atoms with Gasteiger partial charge in [-0.2, -0.15) is 0 Å². The van der Waals surface area contributed by atoms with Crippen molar-refractivity contribution in [2.24, 2.45) is 0 Å². The first-order valence-corrected chi connectivity index (χ1v) is 22.7. The van der Waals surface area contributed by atoms with Crippen molar-refractivity contribution in [2.45, 2.75) is 194 Å². The van der Waals surface area contributed by atoms with E-state index in [9.17, 15) is 14.4 Å². The fourth-order valence-corrected chi connectivity index (χ4v) is 6.27. The van der Waals surface area contributed by atoms with Gasteiger partial charge in [0.2, 0.25) is 0 Å². The van der Waals surface area contributed by atoms with E-state index in [2.05, 4.69) is 62.5 Å². The molecule has 322 valence electrons. The van der Waals surface area contributed by atoms with Gasteiger partial charge in [0, 0.05) is 19.4 Å². The minimum Gasteiger partial charge on any atom is -0.461 e. The summed E-state index contributed by atoms with van der Waals surface area (Å²) in [4.78, 5) is 39.4. The van der Waals surface area contributed by atoms with E-state index in [-0.39, 0.29) is 37.7 Å². The Balaban J connectivity index is 2.40. The molecule has 0 aliphatic heterocycles. The van der Waals surface area contributed by atoms with Crippen LogP contribution in [-0.2, 0) is 48.4 Å². The summed E-state index contributed by atoms with van der Waals surface area (Å²) in [5, 5.41) is 0. The van der Waals surface area contributed by atoms with Gasteiger partial charge in [0.1, 0.15) is 19.8 Å². The molecule has 57 heavy (non-hydrogen) atoms. The molecule has 0 fully saturated rings. The highest BCUT2D eigenvalue weighted by Gasteiger charge is 2.11. The minimum atomic E-state index is -0.275. The molecule has 0 aliphatic carbocycles. The molecule has 0 bridgehead atoms. The van der Waals surface area contributed by atoms with Crippen molar-refractivity contribution in [2.75, 3.05) is 20.6 Å². The lowest BCUT2D eigenvalue weighted by molar-refractivity contribution is -0.145. The normalized spacial score (nSPS) is 11.9. The second kappa shape index (κ2) is 38.1. The number of carbonyl (C=O) groups excluding carboxylic acids is 3. The molecule has 1 rings (SSSR count). The summed E-state index contributed by atoms with van der Waals surface area (Å²) in [5.41, 5.74) is 2.34.